The minimum absolute atomic E-state index is 0.0685. The lowest BCUT2D eigenvalue weighted by Crippen LogP contribution is -2.33. The lowest BCUT2D eigenvalue weighted by atomic mass is 10.0. The van der Waals surface area contributed by atoms with Crippen LogP contribution in [0.2, 0.25) is 0 Å². The van der Waals surface area contributed by atoms with Gasteiger partial charge in [-0.25, -0.2) is 4.68 Å². The summed E-state index contributed by atoms with van der Waals surface area (Å²) in [6, 6.07) is 16.0. The van der Waals surface area contributed by atoms with Crippen molar-refractivity contribution in [1.82, 2.24) is 30.1 Å². The molecule has 0 amide bonds. The molecule has 1 N–H and O–H groups in total. The average molecular weight is 489 g/mol. The van der Waals surface area contributed by atoms with Gasteiger partial charge in [0.25, 0.3) is 5.56 Å². The number of aromatic nitrogens is 5. The summed E-state index contributed by atoms with van der Waals surface area (Å²) in [4.78, 5) is 30.6. The Labute approximate surface area is 210 Å². The Balaban J connectivity index is 1.73. The zero-order chi connectivity index (χ0) is 25.7. The van der Waals surface area contributed by atoms with Gasteiger partial charge in [-0.2, -0.15) is 0 Å². The van der Waals surface area contributed by atoms with E-state index in [4.69, 9.17) is 4.74 Å². The van der Waals surface area contributed by atoms with Crippen LogP contribution in [0.15, 0.2) is 53.3 Å². The van der Waals surface area contributed by atoms with E-state index in [1.54, 1.807) is 6.92 Å². The SMILES string of the molecule is CCOC(=O)Cn1nnnc1C(CC)N(Cc1ccccc1)Cc1cc2cc(C)cc(C)c2[nH]c1=O. The zero-order valence-corrected chi connectivity index (χ0v) is 21.2. The number of pyridine rings is 1. The van der Waals surface area contributed by atoms with E-state index < -0.39 is 5.97 Å². The van der Waals surface area contributed by atoms with Gasteiger partial charge in [-0.15, -0.1) is 5.10 Å². The Morgan fingerprint density at radius 1 is 1.11 bits per heavy atom. The van der Waals surface area contributed by atoms with Gasteiger partial charge in [0.2, 0.25) is 0 Å². The van der Waals surface area contributed by atoms with Crippen LogP contribution in [0.4, 0.5) is 0 Å². The Hall–Kier alpha value is -3.85. The summed E-state index contributed by atoms with van der Waals surface area (Å²) in [7, 11) is 0. The summed E-state index contributed by atoms with van der Waals surface area (Å²) in [5.41, 5.74) is 4.68. The van der Waals surface area contributed by atoms with E-state index in [-0.39, 0.29) is 24.8 Å². The molecule has 36 heavy (non-hydrogen) atoms. The van der Waals surface area contributed by atoms with Gasteiger partial charge in [0.1, 0.15) is 6.54 Å². The first kappa shape index (κ1) is 25.2. The second kappa shape index (κ2) is 11.3. The molecule has 2 aromatic carbocycles. The highest BCUT2D eigenvalue weighted by Gasteiger charge is 2.27. The maximum Gasteiger partial charge on any atom is 0.327 e. The van der Waals surface area contributed by atoms with Crippen molar-refractivity contribution < 1.29 is 9.53 Å². The molecule has 0 saturated heterocycles. The quantitative estimate of drug-likeness (QED) is 0.338. The highest BCUT2D eigenvalue weighted by molar-refractivity contribution is 5.82. The molecule has 0 bridgehead atoms. The van der Waals surface area contributed by atoms with E-state index in [1.165, 1.54) is 4.68 Å². The largest absolute Gasteiger partial charge is 0.465 e. The van der Waals surface area contributed by atoms with Gasteiger partial charge in [-0.3, -0.25) is 14.5 Å². The maximum atomic E-state index is 13.2. The van der Waals surface area contributed by atoms with Crippen LogP contribution in [0, 0.1) is 13.8 Å². The molecule has 4 aromatic rings. The Morgan fingerprint density at radius 2 is 1.89 bits per heavy atom. The molecule has 0 fully saturated rings. The number of carbonyl (C=O) groups excluding carboxylic acids is 1. The number of hydrogen-bond donors (Lipinski definition) is 1. The van der Waals surface area contributed by atoms with Crippen molar-refractivity contribution in [3.05, 3.63) is 87.0 Å². The Bertz CT molecular complexity index is 1400. The molecule has 0 radical (unpaired) electrons. The van der Waals surface area contributed by atoms with Crippen LogP contribution in [0.1, 0.15) is 54.4 Å². The Kier molecular flexibility index (Phi) is 7.90. The van der Waals surface area contributed by atoms with E-state index in [1.807, 2.05) is 38.1 Å². The monoisotopic (exact) mass is 488 g/mol. The summed E-state index contributed by atoms with van der Waals surface area (Å²) in [6.45, 7) is 9.05. The number of H-pyrrole nitrogens is 1. The number of fused-ring (bicyclic) bond motifs is 1. The molecule has 9 nitrogen and oxygen atoms in total. The number of tetrazole rings is 1. The minimum atomic E-state index is -0.396. The summed E-state index contributed by atoms with van der Waals surface area (Å²) in [6.07, 6.45) is 0.680. The van der Waals surface area contributed by atoms with Crippen molar-refractivity contribution in [2.75, 3.05) is 6.61 Å². The van der Waals surface area contributed by atoms with Gasteiger partial charge in [0.05, 0.1) is 18.2 Å². The van der Waals surface area contributed by atoms with Crippen molar-refractivity contribution in [3.8, 4) is 0 Å². The van der Waals surface area contributed by atoms with Crippen molar-refractivity contribution in [2.45, 2.75) is 59.8 Å². The molecule has 0 aliphatic heterocycles. The first-order chi connectivity index (χ1) is 17.4. The fraction of sp³-hybridized carbons (Fsp3) is 0.370. The number of rotatable bonds is 10. The van der Waals surface area contributed by atoms with E-state index in [9.17, 15) is 9.59 Å². The third kappa shape index (κ3) is 5.68. The van der Waals surface area contributed by atoms with Gasteiger partial charge in [0.15, 0.2) is 5.82 Å². The third-order valence-electron chi connectivity index (χ3n) is 6.24. The lowest BCUT2D eigenvalue weighted by molar-refractivity contribution is -0.144. The van der Waals surface area contributed by atoms with Crippen LogP contribution in [-0.4, -0.2) is 42.7 Å². The van der Waals surface area contributed by atoms with Crippen molar-refractivity contribution >= 4 is 16.9 Å². The average Bonchev–Trinajstić information content (AvgIpc) is 3.29. The van der Waals surface area contributed by atoms with E-state index >= 15 is 0 Å². The van der Waals surface area contributed by atoms with E-state index in [2.05, 4.69) is 56.6 Å². The fourth-order valence-electron chi connectivity index (χ4n) is 4.66. The summed E-state index contributed by atoms with van der Waals surface area (Å²) in [5.74, 6) is 0.164. The molecule has 0 aliphatic carbocycles. The molecule has 188 valence electrons. The van der Waals surface area contributed by atoms with Gasteiger partial charge in [-0.05, 0) is 66.3 Å². The maximum absolute atomic E-state index is 13.2. The lowest BCUT2D eigenvalue weighted by Gasteiger charge is -2.30. The molecule has 1 unspecified atom stereocenters. The number of aryl methyl sites for hydroxylation is 2. The van der Waals surface area contributed by atoms with Crippen LogP contribution in [-0.2, 0) is 29.2 Å². The van der Waals surface area contributed by atoms with Gasteiger partial charge in [0, 0.05) is 18.7 Å². The van der Waals surface area contributed by atoms with Crippen LogP contribution in [0.25, 0.3) is 10.9 Å². The first-order valence-corrected chi connectivity index (χ1v) is 12.2. The number of aromatic amines is 1. The third-order valence-corrected chi connectivity index (χ3v) is 6.24. The number of nitrogens with zero attached hydrogens (tertiary/aromatic N) is 5. The molecule has 0 spiro atoms. The molecule has 0 aliphatic rings. The number of carbonyl (C=O) groups is 1. The topological polar surface area (TPSA) is 106 Å². The molecule has 2 heterocycles. The van der Waals surface area contributed by atoms with Crippen LogP contribution in [0.3, 0.4) is 0 Å². The first-order valence-electron chi connectivity index (χ1n) is 12.2. The standard InChI is InChI=1S/C27H32N6O3/c1-5-23(26-29-30-31-33(26)17-24(34)36-6-2)32(15-20-10-8-7-9-11-20)16-22-14-21-13-18(3)12-19(4)25(21)28-27(22)35/h7-14,23H,5-6,15-17H2,1-4H3,(H,28,35). The molecule has 4 rings (SSSR count). The van der Waals surface area contributed by atoms with Gasteiger partial charge >= 0.3 is 5.97 Å². The molecule has 9 heteroatoms. The Morgan fingerprint density at radius 3 is 2.61 bits per heavy atom. The molecule has 0 saturated carbocycles. The predicted molar refractivity (Wildman–Crippen MR) is 137 cm³/mol. The zero-order valence-electron chi connectivity index (χ0n) is 21.2. The van der Waals surface area contributed by atoms with Crippen molar-refractivity contribution in [2.24, 2.45) is 0 Å². The molecular formula is C27H32N6O3. The van der Waals surface area contributed by atoms with E-state index in [0.717, 1.165) is 27.6 Å². The van der Waals surface area contributed by atoms with Crippen LogP contribution >= 0.6 is 0 Å². The number of hydrogen-bond acceptors (Lipinski definition) is 7. The van der Waals surface area contributed by atoms with Crippen LogP contribution in [0.5, 0.6) is 0 Å². The molecule has 2 aromatic heterocycles. The second-order valence-electron chi connectivity index (χ2n) is 8.98. The highest BCUT2D eigenvalue weighted by atomic mass is 16.5. The summed E-state index contributed by atoms with van der Waals surface area (Å²) < 4.78 is 6.58. The predicted octanol–water partition coefficient (Wildman–Crippen LogP) is 3.85. The fourth-order valence-corrected chi connectivity index (χ4v) is 4.66. The second-order valence-corrected chi connectivity index (χ2v) is 8.98. The number of nitrogens with one attached hydrogen (secondary N) is 1. The normalized spacial score (nSPS) is 12.2. The number of benzene rings is 2. The van der Waals surface area contributed by atoms with E-state index in [0.29, 0.717) is 30.9 Å². The molecular weight excluding hydrogens is 456 g/mol. The summed E-state index contributed by atoms with van der Waals surface area (Å²) in [5, 5.41) is 13.1. The molecule has 1 atom stereocenters. The van der Waals surface area contributed by atoms with Crippen LogP contribution < -0.4 is 5.56 Å². The van der Waals surface area contributed by atoms with Gasteiger partial charge in [-0.1, -0.05) is 48.9 Å². The number of ether oxygens (including phenoxy) is 1. The highest BCUT2D eigenvalue weighted by Crippen LogP contribution is 2.27. The number of esters is 1. The smallest absolute Gasteiger partial charge is 0.327 e. The summed E-state index contributed by atoms with van der Waals surface area (Å²) >= 11 is 0. The minimum Gasteiger partial charge on any atom is -0.465 e. The van der Waals surface area contributed by atoms with Crippen molar-refractivity contribution in [1.29, 1.82) is 0 Å². The van der Waals surface area contributed by atoms with Gasteiger partial charge < -0.3 is 9.72 Å². The van der Waals surface area contributed by atoms with Crippen molar-refractivity contribution in [3.63, 3.8) is 0 Å².